The molecule has 2 aromatic rings. The van der Waals surface area contributed by atoms with Crippen molar-refractivity contribution >= 4 is 0 Å². The molecular weight excluding hydrogens is 211 g/mol. The van der Waals surface area contributed by atoms with E-state index in [1.807, 2.05) is 13.8 Å². The first-order valence-corrected chi connectivity index (χ1v) is 4.87. The molecule has 0 saturated heterocycles. The van der Waals surface area contributed by atoms with Gasteiger partial charge < -0.3 is 4.74 Å². The Labute approximate surface area is 91.6 Å². The maximum atomic E-state index is 13.6. The van der Waals surface area contributed by atoms with Crippen LogP contribution in [0.1, 0.15) is 13.8 Å². The van der Waals surface area contributed by atoms with E-state index in [-0.39, 0.29) is 11.9 Å². The molecule has 0 saturated carbocycles. The van der Waals surface area contributed by atoms with Crippen molar-refractivity contribution in [2.75, 3.05) is 0 Å². The molecule has 0 aliphatic carbocycles. The summed E-state index contributed by atoms with van der Waals surface area (Å²) in [6.07, 6.45) is -0.0643. The molecule has 0 atom stereocenters. The quantitative estimate of drug-likeness (QED) is 0.859. The van der Waals surface area contributed by atoms with E-state index in [0.29, 0.717) is 11.4 Å². The van der Waals surface area contributed by atoms with Crippen LogP contribution in [-0.4, -0.2) is 26.7 Å². The van der Waals surface area contributed by atoms with E-state index in [1.54, 1.807) is 12.1 Å². The van der Waals surface area contributed by atoms with Crippen molar-refractivity contribution in [3.8, 4) is 17.1 Å². The lowest BCUT2D eigenvalue weighted by Crippen LogP contribution is -2.06. The molecule has 6 heteroatoms. The van der Waals surface area contributed by atoms with Gasteiger partial charge in [0.05, 0.1) is 6.10 Å². The van der Waals surface area contributed by atoms with Crippen LogP contribution in [0.2, 0.25) is 0 Å². The maximum absolute atomic E-state index is 13.6. The molecule has 0 aliphatic heterocycles. The van der Waals surface area contributed by atoms with E-state index < -0.39 is 5.82 Å². The van der Waals surface area contributed by atoms with E-state index in [1.165, 1.54) is 6.07 Å². The minimum atomic E-state index is -0.434. The van der Waals surface area contributed by atoms with Gasteiger partial charge in [0, 0.05) is 5.56 Å². The minimum Gasteiger partial charge on any atom is -0.488 e. The van der Waals surface area contributed by atoms with Gasteiger partial charge in [0.1, 0.15) is 0 Å². The van der Waals surface area contributed by atoms with Crippen LogP contribution in [0.15, 0.2) is 18.2 Å². The zero-order chi connectivity index (χ0) is 11.5. The van der Waals surface area contributed by atoms with Crippen molar-refractivity contribution in [3.63, 3.8) is 0 Å². The van der Waals surface area contributed by atoms with Crippen molar-refractivity contribution in [2.24, 2.45) is 0 Å². The highest BCUT2D eigenvalue weighted by Gasteiger charge is 2.09. The standard InChI is InChI=1S/C10H11FN4O/c1-6(2)16-9-4-3-7(5-8(9)11)10-12-14-15-13-10/h3-6H,1-2H3,(H,12,13,14,15). The van der Waals surface area contributed by atoms with Gasteiger partial charge in [-0.2, -0.15) is 5.21 Å². The number of aromatic nitrogens is 4. The fourth-order valence-electron chi connectivity index (χ4n) is 1.27. The van der Waals surface area contributed by atoms with Crippen LogP contribution in [0.4, 0.5) is 4.39 Å². The minimum absolute atomic E-state index is 0.0643. The number of ether oxygens (including phenoxy) is 1. The number of hydrogen-bond acceptors (Lipinski definition) is 4. The normalized spacial score (nSPS) is 10.8. The Morgan fingerprint density at radius 2 is 2.19 bits per heavy atom. The number of tetrazole rings is 1. The molecule has 1 aromatic heterocycles. The third kappa shape index (κ3) is 2.16. The molecule has 5 nitrogen and oxygen atoms in total. The Morgan fingerprint density at radius 3 is 2.75 bits per heavy atom. The number of rotatable bonds is 3. The van der Waals surface area contributed by atoms with E-state index in [0.717, 1.165) is 0 Å². The summed E-state index contributed by atoms with van der Waals surface area (Å²) in [6.45, 7) is 3.68. The van der Waals surface area contributed by atoms with Gasteiger partial charge >= 0.3 is 0 Å². The maximum Gasteiger partial charge on any atom is 0.204 e. The lowest BCUT2D eigenvalue weighted by atomic mass is 10.2. The summed E-state index contributed by atoms with van der Waals surface area (Å²) < 4.78 is 18.9. The smallest absolute Gasteiger partial charge is 0.204 e. The molecule has 0 fully saturated rings. The lowest BCUT2D eigenvalue weighted by molar-refractivity contribution is 0.231. The Bertz CT molecular complexity index is 470. The molecule has 84 valence electrons. The van der Waals surface area contributed by atoms with Gasteiger partial charge in [0.15, 0.2) is 11.6 Å². The molecule has 0 amide bonds. The second-order valence-corrected chi connectivity index (χ2v) is 3.55. The molecule has 1 heterocycles. The monoisotopic (exact) mass is 222 g/mol. The van der Waals surface area contributed by atoms with Crippen LogP contribution in [0.5, 0.6) is 5.75 Å². The van der Waals surface area contributed by atoms with Gasteiger partial charge in [-0.05, 0) is 37.3 Å². The van der Waals surface area contributed by atoms with E-state index in [9.17, 15) is 4.39 Å². The van der Waals surface area contributed by atoms with E-state index in [4.69, 9.17) is 4.74 Å². The lowest BCUT2D eigenvalue weighted by Gasteiger charge is -2.10. The molecule has 0 unspecified atom stereocenters. The highest BCUT2D eigenvalue weighted by Crippen LogP contribution is 2.23. The predicted octanol–water partition coefficient (Wildman–Crippen LogP) is 1.79. The first-order chi connectivity index (χ1) is 7.66. The second kappa shape index (κ2) is 4.26. The zero-order valence-corrected chi connectivity index (χ0v) is 8.94. The van der Waals surface area contributed by atoms with Crippen LogP contribution < -0.4 is 4.74 Å². The molecule has 0 bridgehead atoms. The van der Waals surface area contributed by atoms with Crippen molar-refractivity contribution in [1.82, 2.24) is 20.6 Å². The van der Waals surface area contributed by atoms with Crippen molar-refractivity contribution in [2.45, 2.75) is 20.0 Å². The van der Waals surface area contributed by atoms with Crippen LogP contribution >= 0.6 is 0 Å². The summed E-state index contributed by atoms with van der Waals surface area (Å²) in [4.78, 5) is 0. The van der Waals surface area contributed by atoms with Gasteiger partial charge in [-0.1, -0.05) is 0 Å². The van der Waals surface area contributed by atoms with Crippen LogP contribution in [-0.2, 0) is 0 Å². The number of nitrogens with one attached hydrogen (secondary N) is 1. The third-order valence-electron chi connectivity index (χ3n) is 1.90. The average molecular weight is 222 g/mol. The first-order valence-electron chi connectivity index (χ1n) is 4.87. The average Bonchev–Trinajstić information content (AvgIpc) is 2.73. The number of H-pyrrole nitrogens is 1. The van der Waals surface area contributed by atoms with E-state index >= 15 is 0 Å². The second-order valence-electron chi connectivity index (χ2n) is 3.55. The van der Waals surface area contributed by atoms with Gasteiger partial charge in [0.25, 0.3) is 0 Å². The highest BCUT2D eigenvalue weighted by atomic mass is 19.1. The van der Waals surface area contributed by atoms with Crippen LogP contribution in [0.3, 0.4) is 0 Å². The first kappa shape index (κ1) is 10.5. The van der Waals surface area contributed by atoms with Crippen molar-refractivity contribution < 1.29 is 9.13 Å². The molecule has 0 radical (unpaired) electrons. The van der Waals surface area contributed by atoms with E-state index in [2.05, 4.69) is 20.6 Å². The summed E-state index contributed by atoms with van der Waals surface area (Å²) in [6, 6.07) is 4.56. The molecule has 0 spiro atoms. The summed E-state index contributed by atoms with van der Waals surface area (Å²) in [5.41, 5.74) is 0.558. The Balaban J connectivity index is 2.29. The largest absolute Gasteiger partial charge is 0.488 e. The van der Waals surface area contributed by atoms with Crippen LogP contribution in [0, 0.1) is 5.82 Å². The predicted molar refractivity (Wildman–Crippen MR) is 55.3 cm³/mol. The summed E-state index contributed by atoms with van der Waals surface area (Å²) >= 11 is 0. The van der Waals surface area contributed by atoms with Gasteiger partial charge in [-0.25, -0.2) is 4.39 Å². The molecule has 16 heavy (non-hydrogen) atoms. The fourth-order valence-corrected chi connectivity index (χ4v) is 1.27. The third-order valence-corrected chi connectivity index (χ3v) is 1.90. The number of halogens is 1. The summed E-state index contributed by atoms with van der Waals surface area (Å²) in [5.74, 6) is 0.147. The SMILES string of the molecule is CC(C)Oc1ccc(-c2nn[nH]n2)cc1F. The highest BCUT2D eigenvalue weighted by molar-refractivity contribution is 5.55. The Kier molecular flexibility index (Phi) is 2.80. The van der Waals surface area contributed by atoms with Crippen molar-refractivity contribution in [1.29, 1.82) is 0 Å². The Morgan fingerprint density at radius 1 is 1.38 bits per heavy atom. The van der Waals surface area contributed by atoms with Crippen molar-refractivity contribution in [3.05, 3.63) is 24.0 Å². The molecule has 1 N–H and O–H groups in total. The summed E-state index contributed by atoms with van der Waals surface area (Å²) in [5, 5.41) is 13.2. The fraction of sp³-hybridized carbons (Fsp3) is 0.300. The summed E-state index contributed by atoms with van der Waals surface area (Å²) in [7, 11) is 0. The molecule has 2 rings (SSSR count). The number of aromatic amines is 1. The topological polar surface area (TPSA) is 63.7 Å². The van der Waals surface area contributed by atoms with Crippen LogP contribution in [0.25, 0.3) is 11.4 Å². The molecular formula is C10H11FN4O. The Hall–Kier alpha value is -1.98. The van der Waals surface area contributed by atoms with Gasteiger partial charge in [0.2, 0.25) is 5.82 Å². The van der Waals surface area contributed by atoms with Gasteiger partial charge in [-0.15, -0.1) is 10.2 Å². The molecule has 0 aliphatic rings. The number of benzene rings is 1. The number of hydrogen-bond donors (Lipinski definition) is 1. The number of nitrogens with zero attached hydrogens (tertiary/aromatic N) is 3. The molecule has 1 aromatic carbocycles. The zero-order valence-electron chi connectivity index (χ0n) is 8.94. The van der Waals surface area contributed by atoms with Gasteiger partial charge in [-0.3, -0.25) is 0 Å².